The molecule has 5 rings (SSSR count). The molecule has 0 saturated carbocycles. The van der Waals surface area contributed by atoms with Gasteiger partial charge in [-0.1, -0.05) is 18.2 Å². The first kappa shape index (κ1) is 18.7. The lowest BCUT2D eigenvalue weighted by Crippen LogP contribution is -2.42. The van der Waals surface area contributed by atoms with Gasteiger partial charge in [0.2, 0.25) is 5.95 Å². The Morgan fingerprint density at radius 3 is 2.80 bits per heavy atom. The van der Waals surface area contributed by atoms with Gasteiger partial charge in [0.05, 0.1) is 6.20 Å². The Hall–Kier alpha value is -3.36. The average molecular weight is 400 g/mol. The first-order chi connectivity index (χ1) is 14.7. The Morgan fingerprint density at radius 1 is 1.07 bits per heavy atom. The van der Waals surface area contributed by atoms with Crippen molar-refractivity contribution >= 4 is 17.1 Å². The predicted molar refractivity (Wildman–Crippen MR) is 118 cm³/mol. The molecule has 3 N–H and O–H groups in total. The second-order valence-electron chi connectivity index (χ2n) is 7.58. The highest BCUT2D eigenvalue weighted by atomic mass is 15.2. The predicted octanol–water partition coefficient (Wildman–Crippen LogP) is 2.08. The number of hydrogen-bond donors (Lipinski definition) is 2. The van der Waals surface area contributed by atoms with Gasteiger partial charge in [0, 0.05) is 63.3 Å². The summed E-state index contributed by atoms with van der Waals surface area (Å²) in [6.45, 7) is 5.20. The molecule has 1 aliphatic rings. The fourth-order valence-electron chi connectivity index (χ4n) is 4.02. The van der Waals surface area contributed by atoms with E-state index in [9.17, 15) is 0 Å². The third-order valence-electron chi connectivity index (χ3n) is 5.55. The molecule has 0 radical (unpaired) electrons. The summed E-state index contributed by atoms with van der Waals surface area (Å²) in [4.78, 5) is 20.0. The van der Waals surface area contributed by atoms with E-state index in [1.807, 2.05) is 23.9 Å². The maximum Gasteiger partial charge on any atom is 0.222 e. The molecule has 3 aromatic heterocycles. The van der Waals surface area contributed by atoms with Crippen molar-refractivity contribution < 1.29 is 0 Å². The number of nitrogen functional groups attached to an aromatic ring is 1. The molecule has 0 aliphatic carbocycles. The van der Waals surface area contributed by atoms with Crippen molar-refractivity contribution in [2.45, 2.75) is 6.54 Å². The van der Waals surface area contributed by atoms with Crippen LogP contribution in [-0.2, 0) is 13.6 Å². The number of anilines is 1. The summed E-state index contributed by atoms with van der Waals surface area (Å²) in [6.07, 6.45) is 5.36. The second-order valence-corrected chi connectivity index (χ2v) is 7.58. The van der Waals surface area contributed by atoms with Gasteiger partial charge >= 0.3 is 0 Å². The van der Waals surface area contributed by atoms with E-state index in [4.69, 9.17) is 10.7 Å². The highest BCUT2D eigenvalue weighted by molar-refractivity contribution is 5.84. The van der Waals surface area contributed by atoms with Gasteiger partial charge in [-0.05, 0) is 23.3 Å². The highest BCUT2D eigenvalue weighted by Gasteiger charge is 2.17. The minimum atomic E-state index is 0.243. The first-order valence-corrected chi connectivity index (χ1v) is 10.1. The highest BCUT2D eigenvalue weighted by Crippen LogP contribution is 2.32. The van der Waals surface area contributed by atoms with Gasteiger partial charge in [-0.2, -0.15) is 4.98 Å². The van der Waals surface area contributed by atoms with Gasteiger partial charge in [0.25, 0.3) is 0 Å². The number of fused-ring (bicyclic) bond motifs is 1. The molecule has 4 heterocycles. The molecular formula is C22H24N8. The number of rotatable bonds is 4. The normalized spacial score (nSPS) is 15.0. The minimum absolute atomic E-state index is 0.243. The van der Waals surface area contributed by atoms with Crippen molar-refractivity contribution in [3.63, 3.8) is 0 Å². The van der Waals surface area contributed by atoms with Crippen molar-refractivity contribution in [2.75, 3.05) is 31.9 Å². The van der Waals surface area contributed by atoms with Crippen LogP contribution < -0.4 is 11.1 Å². The molecule has 152 valence electrons. The summed E-state index contributed by atoms with van der Waals surface area (Å²) in [5, 5.41) is 3.41. The number of aromatic nitrogens is 5. The van der Waals surface area contributed by atoms with Crippen molar-refractivity contribution in [1.29, 1.82) is 0 Å². The van der Waals surface area contributed by atoms with Gasteiger partial charge < -0.3 is 15.6 Å². The van der Waals surface area contributed by atoms with Gasteiger partial charge in [-0.3, -0.25) is 9.88 Å². The SMILES string of the molecule is Cn1c(-c2ccncc2-c2cccc(CN3CCNCC3)c2)nc2cnc(N)nc21. The molecule has 0 unspecified atom stereocenters. The Balaban J connectivity index is 1.54. The lowest BCUT2D eigenvalue weighted by molar-refractivity contribution is 0.233. The number of nitrogens with one attached hydrogen (secondary N) is 1. The lowest BCUT2D eigenvalue weighted by Gasteiger charge is -2.27. The van der Waals surface area contributed by atoms with Gasteiger partial charge in [-0.25, -0.2) is 9.97 Å². The molecule has 8 heteroatoms. The summed E-state index contributed by atoms with van der Waals surface area (Å²) >= 11 is 0. The molecule has 4 aromatic rings. The van der Waals surface area contributed by atoms with E-state index in [2.05, 4.69) is 49.4 Å². The minimum Gasteiger partial charge on any atom is -0.368 e. The van der Waals surface area contributed by atoms with E-state index < -0.39 is 0 Å². The number of piperazine rings is 1. The maximum atomic E-state index is 5.77. The second kappa shape index (κ2) is 7.81. The van der Waals surface area contributed by atoms with Crippen molar-refractivity contribution in [3.8, 4) is 22.5 Å². The van der Waals surface area contributed by atoms with Crippen LogP contribution in [0, 0.1) is 0 Å². The summed E-state index contributed by atoms with van der Waals surface area (Å²) in [5.74, 6) is 1.06. The van der Waals surface area contributed by atoms with Crippen LogP contribution in [0.2, 0.25) is 0 Å². The molecule has 1 fully saturated rings. The quantitative estimate of drug-likeness (QED) is 0.541. The van der Waals surface area contributed by atoms with Crippen LogP contribution in [0.15, 0.2) is 48.9 Å². The number of hydrogen-bond acceptors (Lipinski definition) is 7. The van der Waals surface area contributed by atoms with E-state index >= 15 is 0 Å². The third-order valence-corrected chi connectivity index (χ3v) is 5.55. The topological polar surface area (TPSA) is 97.8 Å². The molecule has 1 saturated heterocycles. The van der Waals surface area contributed by atoms with Crippen molar-refractivity contribution in [2.24, 2.45) is 7.05 Å². The van der Waals surface area contributed by atoms with E-state index in [1.54, 1.807) is 12.4 Å². The number of aryl methyl sites for hydroxylation is 1. The number of pyridine rings is 1. The monoisotopic (exact) mass is 400 g/mol. The smallest absolute Gasteiger partial charge is 0.222 e. The summed E-state index contributed by atoms with van der Waals surface area (Å²) < 4.78 is 1.96. The van der Waals surface area contributed by atoms with Crippen LogP contribution in [0.1, 0.15) is 5.56 Å². The zero-order chi connectivity index (χ0) is 20.5. The Morgan fingerprint density at radius 2 is 1.93 bits per heavy atom. The molecule has 0 amide bonds. The zero-order valence-corrected chi connectivity index (χ0v) is 16.9. The van der Waals surface area contributed by atoms with Crippen molar-refractivity contribution in [1.82, 2.24) is 34.7 Å². The summed E-state index contributed by atoms with van der Waals surface area (Å²) in [5.41, 5.74) is 11.7. The fourth-order valence-corrected chi connectivity index (χ4v) is 4.02. The molecule has 1 aliphatic heterocycles. The first-order valence-electron chi connectivity index (χ1n) is 10.1. The van der Waals surface area contributed by atoms with Gasteiger partial charge in [0.15, 0.2) is 5.65 Å². The van der Waals surface area contributed by atoms with Gasteiger partial charge in [-0.15, -0.1) is 0 Å². The standard InChI is InChI=1S/C22H24N8/c1-29-20(27-19-13-26-22(23)28-21(19)29)17-5-6-25-12-18(17)16-4-2-3-15(11-16)14-30-9-7-24-8-10-30/h2-6,11-13,24H,7-10,14H2,1H3,(H2,23,26,28). The molecule has 0 atom stereocenters. The van der Waals surface area contributed by atoms with E-state index in [0.717, 1.165) is 60.8 Å². The molecular weight excluding hydrogens is 376 g/mol. The van der Waals surface area contributed by atoms with Crippen LogP contribution >= 0.6 is 0 Å². The number of nitrogens with two attached hydrogens (primary N) is 1. The Kier molecular flexibility index (Phi) is 4.86. The maximum absolute atomic E-state index is 5.77. The van der Waals surface area contributed by atoms with Crippen LogP contribution in [0.25, 0.3) is 33.7 Å². The molecule has 30 heavy (non-hydrogen) atoms. The molecule has 0 bridgehead atoms. The third kappa shape index (κ3) is 3.51. The Bertz CT molecular complexity index is 1190. The van der Waals surface area contributed by atoms with Crippen LogP contribution in [0.4, 0.5) is 5.95 Å². The van der Waals surface area contributed by atoms with E-state index in [0.29, 0.717) is 5.65 Å². The molecule has 1 aromatic carbocycles. The number of benzene rings is 1. The Labute approximate surface area is 174 Å². The molecule has 0 spiro atoms. The largest absolute Gasteiger partial charge is 0.368 e. The van der Waals surface area contributed by atoms with Crippen molar-refractivity contribution in [3.05, 3.63) is 54.5 Å². The van der Waals surface area contributed by atoms with E-state index in [-0.39, 0.29) is 5.95 Å². The van der Waals surface area contributed by atoms with Crippen LogP contribution in [-0.4, -0.2) is 55.6 Å². The summed E-state index contributed by atoms with van der Waals surface area (Å²) in [6, 6.07) is 10.7. The number of nitrogens with zero attached hydrogens (tertiary/aromatic N) is 6. The fraction of sp³-hybridized carbons (Fsp3) is 0.273. The van der Waals surface area contributed by atoms with Crippen LogP contribution in [0.3, 0.4) is 0 Å². The lowest BCUT2D eigenvalue weighted by atomic mass is 9.99. The van der Waals surface area contributed by atoms with E-state index in [1.165, 1.54) is 5.56 Å². The summed E-state index contributed by atoms with van der Waals surface area (Å²) in [7, 11) is 1.95. The van der Waals surface area contributed by atoms with Crippen LogP contribution in [0.5, 0.6) is 0 Å². The molecule has 8 nitrogen and oxygen atoms in total. The number of imidazole rings is 1. The zero-order valence-electron chi connectivity index (χ0n) is 16.9. The van der Waals surface area contributed by atoms with Gasteiger partial charge in [0.1, 0.15) is 11.3 Å². The average Bonchev–Trinajstić information content (AvgIpc) is 3.10.